The summed E-state index contributed by atoms with van der Waals surface area (Å²) in [6, 6.07) is 14.4. The van der Waals surface area contributed by atoms with Crippen LogP contribution >= 0.6 is 0 Å². The highest BCUT2D eigenvalue weighted by Gasteiger charge is 2.10. The van der Waals surface area contributed by atoms with Crippen molar-refractivity contribution in [3.63, 3.8) is 0 Å². The molecule has 0 unspecified atom stereocenters. The van der Waals surface area contributed by atoms with Gasteiger partial charge in [-0.15, -0.1) is 0 Å². The zero-order chi connectivity index (χ0) is 15.9. The standard InChI is InChI=1S/C18H19NO3/c1-3-22-15-10-8-14(9-11-15)12-18(21)19-17-7-5-4-6-16(17)13(2)20/h4-11H,3,12H2,1-2H3,(H,19,21). The Bertz CT molecular complexity index is 662. The highest BCUT2D eigenvalue weighted by Crippen LogP contribution is 2.17. The Labute approximate surface area is 130 Å². The van der Waals surface area contributed by atoms with E-state index in [1.807, 2.05) is 31.2 Å². The molecule has 0 fully saturated rings. The number of para-hydroxylation sites is 1. The van der Waals surface area contributed by atoms with Crippen LogP contribution < -0.4 is 10.1 Å². The van der Waals surface area contributed by atoms with Gasteiger partial charge in [0.2, 0.25) is 5.91 Å². The molecule has 0 spiro atoms. The summed E-state index contributed by atoms with van der Waals surface area (Å²) in [6.07, 6.45) is 0.249. The van der Waals surface area contributed by atoms with Crippen molar-refractivity contribution in [2.45, 2.75) is 20.3 Å². The van der Waals surface area contributed by atoms with E-state index >= 15 is 0 Å². The van der Waals surface area contributed by atoms with Gasteiger partial charge in [0.25, 0.3) is 0 Å². The maximum Gasteiger partial charge on any atom is 0.228 e. The van der Waals surface area contributed by atoms with E-state index in [1.165, 1.54) is 6.92 Å². The fraction of sp³-hybridized carbons (Fsp3) is 0.222. The van der Waals surface area contributed by atoms with Crippen molar-refractivity contribution < 1.29 is 14.3 Å². The van der Waals surface area contributed by atoms with Crippen molar-refractivity contribution in [3.05, 3.63) is 59.7 Å². The summed E-state index contributed by atoms with van der Waals surface area (Å²) in [4.78, 5) is 23.7. The minimum atomic E-state index is -0.155. The van der Waals surface area contributed by atoms with E-state index in [4.69, 9.17) is 4.74 Å². The molecule has 0 aliphatic rings. The van der Waals surface area contributed by atoms with Crippen LogP contribution in [0.15, 0.2) is 48.5 Å². The Morgan fingerprint density at radius 1 is 1.05 bits per heavy atom. The number of anilines is 1. The van der Waals surface area contributed by atoms with Crippen molar-refractivity contribution in [1.29, 1.82) is 0 Å². The summed E-state index contributed by atoms with van der Waals surface area (Å²) >= 11 is 0. The summed E-state index contributed by atoms with van der Waals surface area (Å²) in [5.41, 5.74) is 1.95. The lowest BCUT2D eigenvalue weighted by atomic mass is 10.1. The van der Waals surface area contributed by atoms with Gasteiger partial charge in [-0.25, -0.2) is 0 Å². The molecule has 0 aromatic heterocycles. The topological polar surface area (TPSA) is 55.4 Å². The van der Waals surface area contributed by atoms with E-state index in [0.29, 0.717) is 17.9 Å². The van der Waals surface area contributed by atoms with Crippen molar-refractivity contribution in [2.24, 2.45) is 0 Å². The Morgan fingerprint density at radius 3 is 2.36 bits per heavy atom. The van der Waals surface area contributed by atoms with Crippen LogP contribution in [0.3, 0.4) is 0 Å². The molecule has 0 radical (unpaired) electrons. The summed E-state index contributed by atoms with van der Waals surface area (Å²) in [6.45, 7) is 4.02. The first-order valence-corrected chi connectivity index (χ1v) is 7.21. The second-order valence-electron chi connectivity index (χ2n) is 4.90. The average molecular weight is 297 g/mol. The molecule has 1 amide bonds. The molecular formula is C18H19NO3. The number of ketones is 1. The summed E-state index contributed by atoms with van der Waals surface area (Å²) in [5.74, 6) is 0.559. The van der Waals surface area contributed by atoms with Crippen molar-refractivity contribution in [3.8, 4) is 5.75 Å². The van der Waals surface area contributed by atoms with Gasteiger partial charge in [-0.3, -0.25) is 9.59 Å². The third kappa shape index (κ3) is 4.19. The number of nitrogens with one attached hydrogen (secondary N) is 1. The molecule has 2 rings (SSSR count). The molecule has 0 saturated carbocycles. The number of amides is 1. The molecular weight excluding hydrogens is 278 g/mol. The van der Waals surface area contributed by atoms with Gasteiger partial charge in [-0.05, 0) is 43.7 Å². The van der Waals surface area contributed by atoms with E-state index in [2.05, 4.69) is 5.32 Å². The molecule has 2 aromatic carbocycles. The SMILES string of the molecule is CCOc1ccc(CC(=O)Nc2ccccc2C(C)=O)cc1. The number of rotatable bonds is 6. The minimum Gasteiger partial charge on any atom is -0.494 e. The van der Waals surface area contributed by atoms with E-state index in [9.17, 15) is 9.59 Å². The molecule has 2 aromatic rings. The second kappa shape index (κ2) is 7.41. The lowest BCUT2D eigenvalue weighted by Gasteiger charge is -2.09. The normalized spacial score (nSPS) is 10.1. The molecule has 114 valence electrons. The van der Waals surface area contributed by atoms with Crippen molar-refractivity contribution in [1.82, 2.24) is 0 Å². The lowest BCUT2D eigenvalue weighted by Crippen LogP contribution is -2.16. The third-order valence-corrected chi connectivity index (χ3v) is 3.18. The third-order valence-electron chi connectivity index (χ3n) is 3.18. The molecule has 0 atom stereocenters. The highest BCUT2D eigenvalue weighted by atomic mass is 16.5. The van der Waals surface area contributed by atoms with Crippen molar-refractivity contribution >= 4 is 17.4 Å². The summed E-state index contributed by atoms with van der Waals surface area (Å²) in [5, 5.41) is 2.79. The molecule has 1 N–H and O–H groups in total. The number of carbonyl (C=O) groups excluding carboxylic acids is 2. The lowest BCUT2D eigenvalue weighted by molar-refractivity contribution is -0.115. The second-order valence-corrected chi connectivity index (χ2v) is 4.90. The highest BCUT2D eigenvalue weighted by molar-refractivity contribution is 6.04. The number of Topliss-reactive ketones (excluding diaryl/α,β-unsaturated/α-hetero) is 1. The Kier molecular flexibility index (Phi) is 5.31. The smallest absolute Gasteiger partial charge is 0.228 e. The Hall–Kier alpha value is -2.62. The zero-order valence-corrected chi connectivity index (χ0v) is 12.8. The van der Waals surface area contributed by atoms with Crippen LogP contribution in [0.25, 0.3) is 0 Å². The van der Waals surface area contributed by atoms with Gasteiger partial charge in [0, 0.05) is 5.56 Å². The quantitative estimate of drug-likeness (QED) is 0.831. The fourth-order valence-corrected chi connectivity index (χ4v) is 2.15. The molecule has 22 heavy (non-hydrogen) atoms. The first-order chi connectivity index (χ1) is 10.6. The molecule has 4 heteroatoms. The number of hydrogen-bond acceptors (Lipinski definition) is 3. The largest absolute Gasteiger partial charge is 0.494 e. The minimum absolute atomic E-state index is 0.0723. The van der Waals surface area contributed by atoms with Gasteiger partial charge in [0.15, 0.2) is 5.78 Å². The van der Waals surface area contributed by atoms with Crippen LogP contribution in [0.1, 0.15) is 29.8 Å². The Morgan fingerprint density at radius 2 is 1.73 bits per heavy atom. The van der Waals surface area contributed by atoms with Gasteiger partial charge < -0.3 is 10.1 Å². The van der Waals surface area contributed by atoms with Crippen LogP contribution in [0.4, 0.5) is 5.69 Å². The Balaban J connectivity index is 2.02. The van der Waals surface area contributed by atoms with E-state index in [0.717, 1.165) is 11.3 Å². The number of carbonyl (C=O) groups is 2. The number of hydrogen-bond donors (Lipinski definition) is 1. The molecule has 4 nitrogen and oxygen atoms in total. The van der Waals surface area contributed by atoms with Gasteiger partial charge in [-0.2, -0.15) is 0 Å². The summed E-state index contributed by atoms with van der Waals surface area (Å²) in [7, 11) is 0. The van der Waals surface area contributed by atoms with E-state index in [-0.39, 0.29) is 18.1 Å². The maximum absolute atomic E-state index is 12.1. The van der Waals surface area contributed by atoms with Crippen LogP contribution in [0.5, 0.6) is 5.75 Å². The fourth-order valence-electron chi connectivity index (χ4n) is 2.15. The molecule has 0 saturated heterocycles. The molecule has 0 aliphatic heterocycles. The van der Waals surface area contributed by atoms with Crippen molar-refractivity contribution in [2.75, 3.05) is 11.9 Å². The monoisotopic (exact) mass is 297 g/mol. The number of benzene rings is 2. The van der Waals surface area contributed by atoms with Crippen LogP contribution in [-0.2, 0) is 11.2 Å². The summed E-state index contributed by atoms with van der Waals surface area (Å²) < 4.78 is 5.37. The van der Waals surface area contributed by atoms with Crippen LogP contribution in [0.2, 0.25) is 0 Å². The van der Waals surface area contributed by atoms with E-state index < -0.39 is 0 Å². The molecule has 0 heterocycles. The van der Waals surface area contributed by atoms with Crippen LogP contribution in [0, 0.1) is 0 Å². The van der Waals surface area contributed by atoms with Crippen LogP contribution in [-0.4, -0.2) is 18.3 Å². The van der Waals surface area contributed by atoms with Gasteiger partial charge in [0.1, 0.15) is 5.75 Å². The number of ether oxygens (including phenoxy) is 1. The molecule has 0 bridgehead atoms. The maximum atomic E-state index is 12.1. The first kappa shape index (κ1) is 15.8. The first-order valence-electron chi connectivity index (χ1n) is 7.21. The zero-order valence-electron chi connectivity index (χ0n) is 12.8. The van der Waals surface area contributed by atoms with Gasteiger partial charge in [-0.1, -0.05) is 24.3 Å². The van der Waals surface area contributed by atoms with Gasteiger partial charge in [0.05, 0.1) is 18.7 Å². The van der Waals surface area contributed by atoms with Gasteiger partial charge >= 0.3 is 0 Å². The predicted molar refractivity (Wildman–Crippen MR) is 86.4 cm³/mol. The predicted octanol–water partition coefficient (Wildman–Crippen LogP) is 3.47. The molecule has 0 aliphatic carbocycles. The van der Waals surface area contributed by atoms with E-state index in [1.54, 1.807) is 24.3 Å². The average Bonchev–Trinajstić information content (AvgIpc) is 2.50.